The molecule has 0 aromatic heterocycles. The molecule has 1 aliphatic rings. The molecule has 0 heterocycles. The molecule has 4 heteroatoms. The lowest BCUT2D eigenvalue weighted by molar-refractivity contribution is -0.136. The first kappa shape index (κ1) is 11.9. The second kappa shape index (κ2) is 4.75. The van der Waals surface area contributed by atoms with Crippen LogP contribution >= 0.6 is 0 Å². The van der Waals surface area contributed by atoms with Gasteiger partial charge in [-0.05, 0) is 42.0 Å². The summed E-state index contributed by atoms with van der Waals surface area (Å²) < 4.78 is 5.35. The van der Waals surface area contributed by atoms with Gasteiger partial charge in [-0.1, -0.05) is 6.07 Å². The minimum absolute atomic E-state index is 0.147. The molecular formula is C13H17NO3. The molecule has 1 atom stereocenters. The van der Waals surface area contributed by atoms with Gasteiger partial charge in [-0.2, -0.15) is 0 Å². The van der Waals surface area contributed by atoms with Crippen LogP contribution in [0.3, 0.4) is 0 Å². The van der Waals surface area contributed by atoms with Crippen LogP contribution < -0.4 is 10.5 Å². The number of methoxy groups -OCH3 is 1. The average molecular weight is 235 g/mol. The third-order valence-electron chi connectivity index (χ3n) is 3.16. The lowest BCUT2D eigenvalue weighted by Gasteiger charge is -2.10. The van der Waals surface area contributed by atoms with Gasteiger partial charge >= 0.3 is 5.97 Å². The predicted molar refractivity (Wildman–Crippen MR) is 64.3 cm³/mol. The number of carboxylic acids is 1. The molecule has 1 aromatic carbocycles. The van der Waals surface area contributed by atoms with Crippen LogP contribution in [0.15, 0.2) is 12.1 Å². The Morgan fingerprint density at radius 2 is 2.29 bits per heavy atom. The molecule has 92 valence electrons. The summed E-state index contributed by atoms with van der Waals surface area (Å²) in [6.45, 7) is 0. The summed E-state index contributed by atoms with van der Waals surface area (Å²) in [6.07, 6.45) is 2.38. The maximum absolute atomic E-state index is 10.6. The zero-order chi connectivity index (χ0) is 12.4. The molecule has 4 nitrogen and oxygen atoms in total. The van der Waals surface area contributed by atoms with Gasteiger partial charge in [0.15, 0.2) is 0 Å². The standard InChI is InChI=1S/C13H17NO3/c1-17-12-5-8(2-3-13(15)16)4-9-6-10(14)7-11(9)12/h4-5,10H,2-3,6-7,14H2,1H3,(H,15,16). The third-order valence-corrected chi connectivity index (χ3v) is 3.16. The Kier molecular flexibility index (Phi) is 3.33. The first-order valence-electron chi connectivity index (χ1n) is 5.76. The van der Waals surface area contributed by atoms with E-state index in [0.717, 1.165) is 24.2 Å². The summed E-state index contributed by atoms with van der Waals surface area (Å²) in [5.74, 6) is 0.0667. The van der Waals surface area contributed by atoms with Crippen molar-refractivity contribution < 1.29 is 14.6 Å². The molecule has 1 aromatic rings. The van der Waals surface area contributed by atoms with Crippen molar-refractivity contribution in [1.82, 2.24) is 0 Å². The number of carboxylic acid groups (broad SMARTS) is 1. The molecule has 0 fully saturated rings. The Bertz CT molecular complexity index is 443. The zero-order valence-electron chi connectivity index (χ0n) is 9.90. The van der Waals surface area contributed by atoms with Gasteiger partial charge in [0.05, 0.1) is 7.11 Å². The number of carbonyl (C=O) groups is 1. The van der Waals surface area contributed by atoms with E-state index >= 15 is 0 Å². The van der Waals surface area contributed by atoms with Crippen LogP contribution in [0.25, 0.3) is 0 Å². The Morgan fingerprint density at radius 3 is 2.94 bits per heavy atom. The fourth-order valence-corrected chi connectivity index (χ4v) is 2.37. The highest BCUT2D eigenvalue weighted by Gasteiger charge is 2.22. The highest BCUT2D eigenvalue weighted by Crippen LogP contribution is 2.32. The quantitative estimate of drug-likeness (QED) is 0.820. The molecular weight excluding hydrogens is 218 g/mol. The van der Waals surface area contributed by atoms with Crippen molar-refractivity contribution in [2.75, 3.05) is 7.11 Å². The fourth-order valence-electron chi connectivity index (χ4n) is 2.37. The lowest BCUT2D eigenvalue weighted by atomic mass is 10.0. The average Bonchev–Trinajstić information content (AvgIpc) is 2.65. The maximum Gasteiger partial charge on any atom is 0.303 e. The summed E-state index contributed by atoms with van der Waals surface area (Å²) >= 11 is 0. The van der Waals surface area contributed by atoms with Crippen molar-refractivity contribution in [1.29, 1.82) is 0 Å². The molecule has 1 unspecified atom stereocenters. The van der Waals surface area contributed by atoms with Crippen molar-refractivity contribution in [3.63, 3.8) is 0 Å². The maximum atomic E-state index is 10.6. The molecule has 3 N–H and O–H groups in total. The summed E-state index contributed by atoms with van der Waals surface area (Å²) in [5.41, 5.74) is 9.33. The van der Waals surface area contributed by atoms with Crippen molar-refractivity contribution in [2.45, 2.75) is 31.7 Å². The highest BCUT2D eigenvalue weighted by molar-refractivity contribution is 5.67. The van der Waals surface area contributed by atoms with Crippen LogP contribution in [-0.4, -0.2) is 24.2 Å². The minimum atomic E-state index is -0.777. The molecule has 0 bridgehead atoms. The number of hydrogen-bond acceptors (Lipinski definition) is 3. The van der Waals surface area contributed by atoms with Gasteiger partial charge in [-0.3, -0.25) is 4.79 Å². The van der Waals surface area contributed by atoms with Crippen molar-refractivity contribution in [3.8, 4) is 5.75 Å². The first-order chi connectivity index (χ1) is 8.10. The van der Waals surface area contributed by atoms with Gasteiger partial charge in [0.1, 0.15) is 5.75 Å². The van der Waals surface area contributed by atoms with E-state index in [9.17, 15) is 4.79 Å². The van der Waals surface area contributed by atoms with Crippen LogP contribution in [-0.2, 0) is 24.1 Å². The van der Waals surface area contributed by atoms with E-state index in [1.54, 1.807) is 7.11 Å². The molecule has 0 aliphatic heterocycles. The van der Waals surface area contributed by atoms with E-state index in [1.807, 2.05) is 6.07 Å². The molecule has 1 aliphatic carbocycles. The van der Waals surface area contributed by atoms with Crippen LogP contribution in [0.1, 0.15) is 23.1 Å². The fraction of sp³-hybridized carbons (Fsp3) is 0.462. The zero-order valence-corrected chi connectivity index (χ0v) is 9.90. The lowest BCUT2D eigenvalue weighted by Crippen LogP contribution is -2.19. The van der Waals surface area contributed by atoms with Crippen molar-refractivity contribution in [3.05, 3.63) is 28.8 Å². The van der Waals surface area contributed by atoms with Gasteiger partial charge < -0.3 is 15.6 Å². The Balaban J connectivity index is 2.25. The molecule has 0 spiro atoms. The Morgan fingerprint density at radius 1 is 1.53 bits per heavy atom. The number of rotatable bonds is 4. The Hall–Kier alpha value is -1.55. The van der Waals surface area contributed by atoms with Gasteiger partial charge in [-0.25, -0.2) is 0 Å². The molecule has 0 saturated heterocycles. The molecule has 0 radical (unpaired) electrons. The van der Waals surface area contributed by atoms with Gasteiger partial charge in [-0.15, -0.1) is 0 Å². The summed E-state index contributed by atoms with van der Waals surface area (Å²) in [4.78, 5) is 10.6. The second-order valence-corrected chi connectivity index (χ2v) is 4.50. The summed E-state index contributed by atoms with van der Waals surface area (Å²) in [5, 5.41) is 8.69. The second-order valence-electron chi connectivity index (χ2n) is 4.50. The number of nitrogens with two attached hydrogens (primary N) is 1. The third kappa shape index (κ3) is 2.58. The summed E-state index contributed by atoms with van der Waals surface area (Å²) in [6, 6.07) is 4.15. The van der Waals surface area contributed by atoms with E-state index in [4.69, 9.17) is 15.6 Å². The monoisotopic (exact) mass is 235 g/mol. The van der Waals surface area contributed by atoms with Crippen molar-refractivity contribution >= 4 is 5.97 Å². The van der Waals surface area contributed by atoms with E-state index in [1.165, 1.54) is 11.1 Å². The highest BCUT2D eigenvalue weighted by atomic mass is 16.5. The topological polar surface area (TPSA) is 72.5 Å². The van der Waals surface area contributed by atoms with Crippen LogP contribution in [0.2, 0.25) is 0 Å². The number of ether oxygens (including phenoxy) is 1. The van der Waals surface area contributed by atoms with Gasteiger partial charge in [0.25, 0.3) is 0 Å². The molecule has 0 saturated carbocycles. The normalized spacial score (nSPS) is 17.9. The van der Waals surface area contributed by atoms with E-state index in [-0.39, 0.29) is 12.5 Å². The number of hydrogen-bond donors (Lipinski definition) is 2. The van der Waals surface area contributed by atoms with E-state index in [0.29, 0.717) is 6.42 Å². The number of benzene rings is 1. The number of aryl methyl sites for hydroxylation is 1. The number of fused-ring (bicyclic) bond motifs is 1. The predicted octanol–water partition coefficient (Wildman–Crippen LogP) is 1.14. The van der Waals surface area contributed by atoms with Crippen LogP contribution in [0.5, 0.6) is 5.75 Å². The number of aliphatic carboxylic acids is 1. The minimum Gasteiger partial charge on any atom is -0.496 e. The van der Waals surface area contributed by atoms with E-state index < -0.39 is 5.97 Å². The van der Waals surface area contributed by atoms with E-state index in [2.05, 4.69) is 6.07 Å². The van der Waals surface area contributed by atoms with Crippen LogP contribution in [0.4, 0.5) is 0 Å². The SMILES string of the molecule is COc1cc(CCC(=O)O)cc2c1CC(N)C2. The van der Waals surface area contributed by atoms with Crippen LogP contribution in [0, 0.1) is 0 Å². The van der Waals surface area contributed by atoms with Crippen molar-refractivity contribution in [2.24, 2.45) is 5.73 Å². The largest absolute Gasteiger partial charge is 0.496 e. The molecule has 0 amide bonds. The first-order valence-corrected chi connectivity index (χ1v) is 5.76. The van der Waals surface area contributed by atoms with Gasteiger partial charge in [0, 0.05) is 12.5 Å². The van der Waals surface area contributed by atoms with Gasteiger partial charge in [0.2, 0.25) is 0 Å². The Labute approximate surface area is 100 Å². The smallest absolute Gasteiger partial charge is 0.303 e. The summed E-state index contributed by atoms with van der Waals surface area (Å²) in [7, 11) is 1.64. The molecule has 2 rings (SSSR count). The molecule has 17 heavy (non-hydrogen) atoms.